The number of rotatable bonds is 10. The molecule has 0 unspecified atom stereocenters. The number of hydrogen-bond donors (Lipinski definition) is 2. The summed E-state index contributed by atoms with van der Waals surface area (Å²) in [6, 6.07) is 15.0. The Morgan fingerprint density at radius 1 is 0.960 bits per heavy atom. The number of H-pyrrole nitrogens is 1. The van der Waals surface area contributed by atoms with Crippen molar-refractivity contribution in [1.82, 2.24) is 19.5 Å². The van der Waals surface area contributed by atoms with Crippen LogP contribution in [0.15, 0.2) is 90.4 Å². The molecule has 5 heterocycles. The number of allylic oxidation sites excluding steroid dienone is 1. The zero-order valence-electron chi connectivity index (χ0n) is 26.9. The van der Waals surface area contributed by atoms with E-state index in [1.165, 1.54) is 23.2 Å². The zero-order valence-corrected chi connectivity index (χ0v) is 26.9. The summed E-state index contributed by atoms with van der Waals surface area (Å²) in [6.45, 7) is 2.99. The first-order valence-corrected chi connectivity index (χ1v) is 16.2. The second-order valence-corrected chi connectivity index (χ2v) is 12.0. The van der Waals surface area contributed by atoms with E-state index in [1.807, 2.05) is 67.0 Å². The average molecular weight is 675 g/mol. The topological polar surface area (TPSA) is 122 Å². The van der Waals surface area contributed by atoms with Crippen LogP contribution < -0.4 is 15.8 Å². The van der Waals surface area contributed by atoms with Gasteiger partial charge in [0, 0.05) is 66.2 Å². The zero-order chi connectivity index (χ0) is 34.6. The second kappa shape index (κ2) is 14.2. The van der Waals surface area contributed by atoms with E-state index in [2.05, 4.69) is 25.2 Å². The fraction of sp³-hybridized carbons (Fsp3) is 0.184. The van der Waals surface area contributed by atoms with Gasteiger partial charge in [-0.05, 0) is 60.0 Å². The highest BCUT2D eigenvalue weighted by molar-refractivity contribution is 6.35. The Morgan fingerprint density at radius 3 is 2.62 bits per heavy atom. The number of morpholine rings is 1. The molecule has 3 aromatic heterocycles. The van der Waals surface area contributed by atoms with Crippen molar-refractivity contribution in [2.45, 2.75) is 19.4 Å². The van der Waals surface area contributed by atoms with Gasteiger partial charge in [0.1, 0.15) is 11.4 Å². The number of hydrogen-bond acceptors (Lipinski definition) is 7. The largest absolute Gasteiger partial charge is 0.378 e. The third-order valence-electron chi connectivity index (χ3n) is 8.63. The van der Waals surface area contributed by atoms with E-state index >= 15 is 0 Å². The minimum atomic E-state index is -1.02. The Hall–Kier alpha value is -6.01. The van der Waals surface area contributed by atoms with Crippen molar-refractivity contribution >= 4 is 40.9 Å². The lowest BCUT2D eigenvalue weighted by Gasteiger charge is -2.27. The van der Waals surface area contributed by atoms with Gasteiger partial charge < -0.3 is 19.9 Å². The van der Waals surface area contributed by atoms with Crippen molar-refractivity contribution in [3.05, 3.63) is 136 Å². The maximum Gasteiger partial charge on any atom is 0.264 e. The summed E-state index contributed by atoms with van der Waals surface area (Å²) in [6.07, 6.45) is 12.2. The Bertz CT molecular complexity index is 2200. The lowest BCUT2D eigenvalue weighted by molar-refractivity contribution is -0.110. The molecule has 7 rings (SSSR count). The van der Waals surface area contributed by atoms with Gasteiger partial charge >= 0.3 is 0 Å². The summed E-state index contributed by atoms with van der Waals surface area (Å²) in [7, 11) is 0. The number of carbonyl (C=O) groups is 2. The van der Waals surface area contributed by atoms with Crippen LogP contribution in [0, 0.1) is 11.6 Å². The first kappa shape index (κ1) is 32.5. The van der Waals surface area contributed by atoms with E-state index in [-0.39, 0.29) is 30.2 Å². The third kappa shape index (κ3) is 7.06. The number of halogens is 2. The molecule has 10 nitrogen and oxygen atoms in total. The summed E-state index contributed by atoms with van der Waals surface area (Å²) in [5.74, 6) is -1.66. The van der Waals surface area contributed by atoms with E-state index in [9.17, 15) is 23.2 Å². The van der Waals surface area contributed by atoms with Crippen molar-refractivity contribution in [3.8, 4) is 11.1 Å². The highest BCUT2D eigenvalue weighted by atomic mass is 19.2. The predicted molar refractivity (Wildman–Crippen MR) is 187 cm³/mol. The van der Waals surface area contributed by atoms with Gasteiger partial charge in [-0.3, -0.25) is 19.0 Å². The highest BCUT2D eigenvalue weighted by Gasteiger charge is 2.24. The molecule has 12 heteroatoms. The molecule has 5 aromatic rings. The summed E-state index contributed by atoms with van der Waals surface area (Å²) in [5.41, 5.74) is 5.31. The van der Waals surface area contributed by atoms with Gasteiger partial charge in [0.15, 0.2) is 17.4 Å². The van der Waals surface area contributed by atoms with Gasteiger partial charge in [0.05, 0.1) is 31.7 Å². The minimum absolute atomic E-state index is 0.0516. The molecule has 1 saturated heterocycles. The fourth-order valence-corrected chi connectivity index (χ4v) is 5.97. The molecule has 2 aliphatic heterocycles. The van der Waals surface area contributed by atoms with Crippen molar-refractivity contribution in [2.24, 2.45) is 0 Å². The Labute approximate surface area is 285 Å². The second-order valence-electron chi connectivity index (χ2n) is 12.0. The summed E-state index contributed by atoms with van der Waals surface area (Å²) in [5, 5.41) is 2.93. The molecule has 1 fully saturated rings. The van der Waals surface area contributed by atoms with Gasteiger partial charge in [0.2, 0.25) is 0 Å². The third-order valence-corrected chi connectivity index (χ3v) is 8.63. The van der Waals surface area contributed by atoms with Gasteiger partial charge in [0.25, 0.3) is 11.5 Å². The molecular weight excluding hydrogens is 642 g/mol. The molecule has 0 spiro atoms. The number of amides is 1. The molecule has 1 amide bonds. The van der Waals surface area contributed by atoms with Crippen LogP contribution in [0.5, 0.6) is 0 Å². The Morgan fingerprint density at radius 2 is 1.82 bits per heavy atom. The average Bonchev–Trinajstić information content (AvgIpc) is 3.73. The van der Waals surface area contributed by atoms with E-state index in [0.29, 0.717) is 36.5 Å². The van der Waals surface area contributed by atoms with Crippen LogP contribution in [-0.2, 0) is 16.1 Å². The van der Waals surface area contributed by atoms with E-state index in [0.717, 1.165) is 59.0 Å². The fourth-order valence-electron chi connectivity index (χ4n) is 5.97. The number of Topliss-reactive ketones (excluding diaryl/α,β-unsaturated/α-hetero) is 1. The van der Waals surface area contributed by atoms with Crippen LogP contribution in [0.25, 0.3) is 28.9 Å². The van der Waals surface area contributed by atoms with Crippen molar-refractivity contribution in [2.75, 3.05) is 36.5 Å². The van der Waals surface area contributed by atoms with Crippen molar-refractivity contribution in [1.29, 1.82) is 0 Å². The normalized spacial score (nSPS) is 15.1. The number of aromatic amines is 1. The number of benzene rings is 2. The van der Waals surface area contributed by atoms with E-state index in [1.54, 1.807) is 0 Å². The molecule has 252 valence electrons. The minimum Gasteiger partial charge on any atom is -0.378 e. The molecule has 0 radical (unpaired) electrons. The lowest BCUT2D eigenvalue weighted by atomic mass is 10.0. The number of ether oxygens (including phenoxy) is 1. The van der Waals surface area contributed by atoms with Gasteiger partial charge in [-0.25, -0.2) is 18.7 Å². The number of pyridine rings is 1. The van der Waals surface area contributed by atoms with Gasteiger partial charge in [-0.1, -0.05) is 30.4 Å². The molecule has 2 aliphatic rings. The lowest BCUT2D eigenvalue weighted by Crippen LogP contribution is -2.36. The number of nitrogens with one attached hydrogen (secondary N) is 2. The number of ketones is 1. The van der Waals surface area contributed by atoms with Crippen LogP contribution in [0.2, 0.25) is 0 Å². The van der Waals surface area contributed by atoms with E-state index in [4.69, 9.17) is 4.74 Å². The summed E-state index contributed by atoms with van der Waals surface area (Å²) >= 11 is 0. The number of aromatic nitrogens is 4. The van der Waals surface area contributed by atoms with Crippen LogP contribution in [0.3, 0.4) is 0 Å². The molecule has 0 saturated carbocycles. The smallest absolute Gasteiger partial charge is 0.264 e. The highest BCUT2D eigenvalue weighted by Crippen LogP contribution is 2.34. The van der Waals surface area contributed by atoms with Crippen molar-refractivity contribution < 1.29 is 23.1 Å². The first-order valence-electron chi connectivity index (χ1n) is 16.2. The maximum atomic E-state index is 13.6. The molecule has 0 aliphatic carbocycles. The van der Waals surface area contributed by atoms with Crippen LogP contribution in [-0.4, -0.2) is 57.5 Å². The molecule has 2 N–H and O–H groups in total. The first-order chi connectivity index (χ1) is 24.3. The molecule has 0 atom stereocenters. The van der Waals surface area contributed by atoms with Gasteiger partial charge in [-0.2, -0.15) is 0 Å². The van der Waals surface area contributed by atoms with Crippen LogP contribution >= 0.6 is 0 Å². The SMILES string of the molecule is O=C1Nc2cc(/C=C/CCC(=O)c3cncn(Cc4ccc(F)c(F)c4)c3=O)ccc2/C1=C/c1cc(-c2ccc(N3CCOCC3)nc2)c[nH]1. The van der Waals surface area contributed by atoms with E-state index < -0.39 is 17.2 Å². The molecule has 2 aromatic carbocycles. The molecule has 0 bridgehead atoms. The van der Waals surface area contributed by atoms with Gasteiger partial charge in [-0.15, -0.1) is 0 Å². The number of nitrogens with zero attached hydrogens (tertiary/aromatic N) is 4. The standard InChI is InChI=1S/C38H32F2N6O4/c39-32-9-6-25(15-33(32)40)22-46-23-41-21-31(38(46)49)35(47)4-2-1-3-24-5-8-29-30(37(48)44-34(29)16-24)18-28-17-27(20-42-28)26-7-10-36(43-19-26)45-11-13-50-14-12-45/h1,3,5-10,15-21,23,42H,2,4,11-14,22H2,(H,44,48)/b3-1+,30-18-. The van der Waals surface area contributed by atoms with Crippen molar-refractivity contribution in [3.63, 3.8) is 0 Å². The monoisotopic (exact) mass is 674 g/mol. The summed E-state index contributed by atoms with van der Waals surface area (Å²) in [4.78, 5) is 52.7. The number of carbonyl (C=O) groups excluding carboxylic acids is 2. The number of anilines is 2. The van der Waals surface area contributed by atoms with Crippen LogP contribution in [0.1, 0.15) is 45.6 Å². The maximum absolute atomic E-state index is 13.6. The molecular formula is C38H32F2N6O4. The van der Waals surface area contributed by atoms with Crippen LogP contribution in [0.4, 0.5) is 20.3 Å². The predicted octanol–water partition coefficient (Wildman–Crippen LogP) is 5.97. The Kier molecular flexibility index (Phi) is 9.26. The quantitative estimate of drug-likeness (QED) is 0.138. The summed E-state index contributed by atoms with van der Waals surface area (Å²) < 4.78 is 33.5. The number of fused-ring (bicyclic) bond motifs is 1. The Balaban J connectivity index is 0.971. The molecule has 50 heavy (non-hydrogen) atoms.